The van der Waals surface area contributed by atoms with Crippen molar-refractivity contribution in [2.75, 3.05) is 0 Å². The molecule has 1 unspecified atom stereocenters. The van der Waals surface area contributed by atoms with Gasteiger partial charge in [-0.05, 0) is 6.42 Å². The Morgan fingerprint density at radius 2 is 2.54 bits per heavy atom. The Kier molecular flexibility index (Phi) is 1.81. The molecule has 0 amide bonds. The van der Waals surface area contributed by atoms with Gasteiger partial charge in [0.25, 0.3) is 0 Å². The number of hydrogen-bond donors (Lipinski definition) is 2. The number of imidazole rings is 1. The van der Waals surface area contributed by atoms with Crippen LogP contribution in [0.15, 0.2) is 6.20 Å². The van der Waals surface area contributed by atoms with Crippen LogP contribution in [0.4, 0.5) is 0 Å². The molecule has 1 aromatic rings. The molecular weight excluding hydrogens is 170 g/mol. The van der Waals surface area contributed by atoms with Gasteiger partial charge in [-0.1, -0.05) is 0 Å². The van der Waals surface area contributed by atoms with Gasteiger partial charge in [0, 0.05) is 19.0 Å². The summed E-state index contributed by atoms with van der Waals surface area (Å²) in [5.74, 6) is -0.105. The summed E-state index contributed by atoms with van der Waals surface area (Å²) in [6.07, 6.45) is 3.06. The molecule has 1 aliphatic heterocycles. The molecule has 5 heteroatoms. The maximum atomic E-state index is 10.7. The molecule has 0 spiro atoms. The van der Waals surface area contributed by atoms with E-state index in [1.165, 1.54) is 6.20 Å². The lowest BCUT2D eigenvalue weighted by Crippen LogP contribution is -2.33. The molecule has 0 radical (unpaired) electrons. The molecule has 13 heavy (non-hydrogen) atoms. The number of nitrogens with two attached hydrogens (primary N) is 1. The van der Waals surface area contributed by atoms with Gasteiger partial charge in [0.2, 0.25) is 0 Å². The standard InChI is InChI=1S/C8H11N3O2/c9-5-1-2-7-10-3-6(8(12)13)11(7)4-5/h3,5H,1-2,4,9H2,(H,12,13). The van der Waals surface area contributed by atoms with Crippen molar-refractivity contribution in [3.8, 4) is 0 Å². The van der Waals surface area contributed by atoms with Gasteiger partial charge in [-0.25, -0.2) is 9.78 Å². The largest absolute Gasteiger partial charge is 0.477 e. The quantitative estimate of drug-likeness (QED) is 0.631. The summed E-state index contributed by atoms with van der Waals surface area (Å²) in [7, 11) is 0. The number of nitrogens with zero attached hydrogens (tertiary/aromatic N) is 2. The Balaban J connectivity index is 2.41. The second-order valence-corrected chi connectivity index (χ2v) is 3.27. The zero-order chi connectivity index (χ0) is 9.42. The number of carboxylic acids is 1. The van der Waals surface area contributed by atoms with Crippen LogP contribution in [0.1, 0.15) is 22.7 Å². The molecule has 1 aliphatic rings. The topological polar surface area (TPSA) is 81.1 Å². The predicted octanol–water partition coefficient (Wildman–Crippen LogP) is -0.145. The van der Waals surface area contributed by atoms with Gasteiger partial charge in [-0.3, -0.25) is 0 Å². The number of aromatic carboxylic acids is 1. The average Bonchev–Trinajstić information content (AvgIpc) is 2.46. The lowest BCUT2D eigenvalue weighted by Gasteiger charge is -2.20. The Morgan fingerprint density at radius 3 is 3.23 bits per heavy atom. The molecule has 0 saturated heterocycles. The third-order valence-corrected chi connectivity index (χ3v) is 2.31. The summed E-state index contributed by atoms with van der Waals surface area (Å²) in [5.41, 5.74) is 5.98. The number of carbonyl (C=O) groups is 1. The van der Waals surface area contributed by atoms with Gasteiger partial charge >= 0.3 is 5.97 Å². The molecule has 0 aliphatic carbocycles. The van der Waals surface area contributed by atoms with Crippen molar-refractivity contribution in [3.05, 3.63) is 17.7 Å². The van der Waals surface area contributed by atoms with E-state index in [1.807, 2.05) is 0 Å². The Hall–Kier alpha value is -1.36. The van der Waals surface area contributed by atoms with Crippen LogP contribution >= 0.6 is 0 Å². The van der Waals surface area contributed by atoms with Crippen LogP contribution in [0.3, 0.4) is 0 Å². The highest BCUT2D eigenvalue weighted by Gasteiger charge is 2.21. The summed E-state index contributed by atoms with van der Waals surface area (Å²) in [4.78, 5) is 14.8. The number of aryl methyl sites for hydroxylation is 1. The number of hydrogen-bond acceptors (Lipinski definition) is 3. The zero-order valence-electron chi connectivity index (χ0n) is 7.10. The van der Waals surface area contributed by atoms with E-state index in [1.54, 1.807) is 4.57 Å². The molecule has 1 aromatic heterocycles. The predicted molar refractivity (Wildman–Crippen MR) is 45.5 cm³/mol. The highest BCUT2D eigenvalue weighted by Crippen LogP contribution is 2.15. The van der Waals surface area contributed by atoms with Crippen molar-refractivity contribution >= 4 is 5.97 Å². The minimum atomic E-state index is -0.937. The van der Waals surface area contributed by atoms with Crippen molar-refractivity contribution in [3.63, 3.8) is 0 Å². The van der Waals surface area contributed by atoms with Gasteiger partial charge < -0.3 is 15.4 Å². The van der Waals surface area contributed by atoms with Crippen molar-refractivity contribution < 1.29 is 9.90 Å². The second kappa shape index (κ2) is 2.85. The molecule has 2 rings (SSSR count). The average molecular weight is 181 g/mol. The van der Waals surface area contributed by atoms with Crippen LogP contribution in [0, 0.1) is 0 Å². The Bertz CT molecular complexity index is 345. The summed E-state index contributed by atoms with van der Waals surface area (Å²) in [6, 6.07) is 0.0554. The molecule has 0 saturated carbocycles. The first-order chi connectivity index (χ1) is 6.18. The lowest BCUT2D eigenvalue weighted by atomic mass is 10.1. The SMILES string of the molecule is NC1CCc2ncc(C(=O)O)n2C1. The first-order valence-electron chi connectivity index (χ1n) is 4.22. The smallest absolute Gasteiger partial charge is 0.354 e. The first kappa shape index (κ1) is 8.25. The van der Waals surface area contributed by atoms with Crippen LogP contribution in [0.5, 0.6) is 0 Å². The van der Waals surface area contributed by atoms with E-state index in [-0.39, 0.29) is 11.7 Å². The Labute approximate surface area is 75.2 Å². The molecule has 0 bridgehead atoms. The van der Waals surface area contributed by atoms with Gasteiger partial charge in [-0.2, -0.15) is 0 Å². The van der Waals surface area contributed by atoms with Gasteiger partial charge in [0.15, 0.2) is 0 Å². The fourth-order valence-corrected chi connectivity index (χ4v) is 1.63. The molecule has 5 nitrogen and oxygen atoms in total. The minimum Gasteiger partial charge on any atom is -0.477 e. The van der Waals surface area contributed by atoms with Crippen LogP contribution in [-0.2, 0) is 13.0 Å². The zero-order valence-corrected chi connectivity index (χ0v) is 7.10. The molecule has 70 valence electrons. The normalized spacial score (nSPS) is 21.2. The van der Waals surface area contributed by atoms with Crippen molar-refractivity contribution in [2.24, 2.45) is 5.73 Å². The highest BCUT2D eigenvalue weighted by molar-refractivity contribution is 5.85. The summed E-state index contributed by atoms with van der Waals surface area (Å²) < 4.78 is 1.69. The molecule has 2 heterocycles. The van der Waals surface area contributed by atoms with Crippen LogP contribution in [-0.4, -0.2) is 26.7 Å². The molecule has 0 fully saturated rings. The highest BCUT2D eigenvalue weighted by atomic mass is 16.4. The maximum absolute atomic E-state index is 10.7. The van der Waals surface area contributed by atoms with Crippen LogP contribution in [0.2, 0.25) is 0 Å². The van der Waals surface area contributed by atoms with Gasteiger partial charge in [0.05, 0.1) is 6.20 Å². The van der Waals surface area contributed by atoms with E-state index < -0.39 is 5.97 Å². The molecule has 1 atom stereocenters. The van der Waals surface area contributed by atoms with Crippen molar-refractivity contribution in [1.82, 2.24) is 9.55 Å². The van der Waals surface area contributed by atoms with E-state index in [2.05, 4.69) is 4.98 Å². The molecule has 0 aromatic carbocycles. The van der Waals surface area contributed by atoms with Crippen molar-refractivity contribution in [1.29, 1.82) is 0 Å². The van der Waals surface area contributed by atoms with E-state index >= 15 is 0 Å². The van der Waals surface area contributed by atoms with E-state index in [0.717, 1.165) is 18.7 Å². The van der Waals surface area contributed by atoms with Gasteiger partial charge in [0.1, 0.15) is 11.5 Å². The fourth-order valence-electron chi connectivity index (χ4n) is 1.63. The number of carboxylic acid groups (broad SMARTS) is 1. The molecule has 3 N–H and O–H groups in total. The monoisotopic (exact) mass is 181 g/mol. The third kappa shape index (κ3) is 1.31. The van der Waals surface area contributed by atoms with Crippen molar-refractivity contribution in [2.45, 2.75) is 25.4 Å². The summed E-state index contributed by atoms with van der Waals surface area (Å²) in [5, 5.41) is 8.81. The van der Waals surface area contributed by atoms with E-state index in [0.29, 0.717) is 6.54 Å². The second-order valence-electron chi connectivity index (χ2n) is 3.27. The minimum absolute atomic E-state index is 0.0554. The fraction of sp³-hybridized carbons (Fsp3) is 0.500. The van der Waals surface area contributed by atoms with Gasteiger partial charge in [-0.15, -0.1) is 0 Å². The number of aromatic nitrogens is 2. The van der Waals surface area contributed by atoms with Crippen LogP contribution < -0.4 is 5.73 Å². The van der Waals surface area contributed by atoms with Crippen LogP contribution in [0.25, 0.3) is 0 Å². The lowest BCUT2D eigenvalue weighted by molar-refractivity contribution is 0.0683. The third-order valence-electron chi connectivity index (χ3n) is 2.31. The first-order valence-corrected chi connectivity index (χ1v) is 4.22. The molecular formula is C8H11N3O2. The van der Waals surface area contributed by atoms with E-state index in [4.69, 9.17) is 10.8 Å². The summed E-state index contributed by atoms with van der Waals surface area (Å²) in [6.45, 7) is 0.566. The Morgan fingerprint density at radius 1 is 1.77 bits per heavy atom. The maximum Gasteiger partial charge on any atom is 0.354 e. The number of rotatable bonds is 1. The van der Waals surface area contributed by atoms with E-state index in [9.17, 15) is 4.79 Å². The summed E-state index contributed by atoms with van der Waals surface area (Å²) >= 11 is 0. The number of fused-ring (bicyclic) bond motifs is 1.